The molecule has 1 atom stereocenters. The summed E-state index contributed by atoms with van der Waals surface area (Å²) in [4.78, 5) is 5.98. The molecule has 0 aliphatic heterocycles. The van der Waals surface area contributed by atoms with Gasteiger partial charge in [-0.05, 0) is 48.4 Å². The first-order valence-corrected chi connectivity index (χ1v) is 8.38. The van der Waals surface area contributed by atoms with Crippen molar-refractivity contribution in [3.8, 4) is 0 Å². The Morgan fingerprint density at radius 3 is 3.20 bits per heavy atom. The van der Waals surface area contributed by atoms with E-state index in [2.05, 4.69) is 21.7 Å². The molecule has 0 bridgehead atoms. The van der Waals surface area contributed by atoms with E-state index >= 15 is 0 Å². The number of rotatable bonds is 2. The molecule has 20 heavy (non-hydrogen) atoms. The third-order valence-corrected chi connectivity index (χ3v) is 5.66. The zero-order valence-corrected chi connectivity index (χ0v) is 12.4. The number of nitrogens with one attached hydrogen (secondary N) is 1. The summed E-state index contributed by atoms with van der Waals surface area (Å²) >= 11 is 3.43. The van der Waals surface area contributed by atoms with Crippen LogP contribution in [0.15, 0.2) is 29.6 Å². The van der Waals surface area contributed by atoms with Crippen LogP contribution in [0.3, 0.4) is 0 Å². The molecule has 3 aromatic rings. The minimum Gasteiger partial charge on any atom is -0.355 e. The molecule has 1 unspecified atom stereocenters. The highest BCUT2D eigenvalue weighted by atomic mass is 32.1. The van der Waals surface area contributed by atoms with Gasteiger partial charge in [-0.15, -0.1) is 11.3 Å². The van der Waals surface area contributed by atoms with Gasteiger partial charge in [0.1, 0.15) is 5.82 Å². The Morgan fingerprint density at radius 2 is 2.25 bits per heavy atom. The van der Waals surface area contributed by atoms with Crippen LogP contribution in [0.25, 0.3) is 10.2 Å². The average molecular weight is 304 g/mol. The third-order valence-electron chi connectivity index (χ3n) is 3.70. The molecule has 1 aromatic carbocycles. The van der Waals surface area contributed by atoms with Crippen LogP contribution < -0.4 is 5.32 Å². The number of fused-ring (bicyclic) bond motifs is 2. The normalized spacial score (nSPS) is 18.1. The van der Waals surface area contributed by atoms with E-state index in [1.165, 1.54) is 35.4 Å². The van der Waals surface area contributed by atoms with E-state index in [0.717, 1.165) is 21.8 Å². The van der Waals surface area contributed by atoms with Crippen LogP contribution in [0.5, 0.6) is 0 Å². The fourth-order valence-corrected chi connectivity index (χ4v) is 4.63. The van der Waals surface area contributed by atoms with Crippen LogP contribution in [0, 0.1) is 5.82 Å². The topological polar surface area (TPSA) is 24.9 Å². The van der Waals surface area contributed by atoms with Gasteiger partial charge in [0.2, 0.25) is 0 Å². The minimum atomic E-state index is -0.230. The number of hydrogen-bond donors (Lipinski definition) is 1. The zero-order chi connectivity index (χ0) is 13.5. The summed E-state index contributed by atoms with van der Waals surface area (Å²) in [6.45, 7) is 0. The van der Waals surface area contributed by atoms with Gasteiger partial charge in [-0.3, -0.25) is 0 Å². The standard InChI is InChI=1S/C15H13FN2S2/c16-9-4-5-14-12(8-9)18-15(20-14)17-11-2-1-3-13-10(11)6-7-19-13/h4-8,11H,1-3H2,(H,17,18). The Kier molecular flexibility index (Phi) is 2.97. The summed E-state index contributed by atoms with van der Waals surface area (Å²) in [7, 11) is 0. The summed E-state index contributed by atoms with van der Waals surface area (Å²) in [5.41, 5.74) is 2.14. The van der Waals surface area contributed by atoms with Crippen molar-refractivity contribution in [2.45, 2.75) is 25.3 Å². The van der Waals surface area contributed by atoms with Gasteiger partial charge in [-0.1, -0.05) is 11.3 Å². The number of hydrogen-bond acceptors (Lipinski definition) is 4. The van der Waals surface area contributed by atoms with E-state index in [9.17, 15) is 4.39 Å². The smallest absolute Gasteiger partial charge is 0.184 e. The van der Waals surface area contributed by atoms with Crippen molar-refractivity contribution < 1.29 is 4.39 Å². The maximum Gasteiger partial charge on any atom is 0.184 e. The fourth-order valence-electron chi connectivity index (χ4n) is 2.75. The Morgan fingerprint density at radius 1 is 1.30 bits per heavy atom. The minimum absolute atomic E-state index is 0.230. The van der Waals surface area contributed by atoms with Crippen molar-refractivity contribution in [3.05, 3.63) is 45.9 Å². The number of benzene rings is 1. The van der Waals surface area contributed by atoms with Gasteiger partial charge < -0.3 is 5.32 Å². The monoisotopic (exact) mass is 304 g/mol. The number of thiophene rings is 1. The molecule has 4 rings (SSSR count). The lowest BCUT2D eigenvalue weighted by atomic mass is 9.94. The number of halogens is 1. The van der Waals surface area contributed by atoms with Gasteiger partial charge >= 0.3 is 0 Å². The molecule has 0 spiro atoms. The second kappa shape index (κ2) is 4.82. The quantitative estimate of drug-likeness (QED) is 0.721. The van der Waals surface area contributed by atoms with Crippen molar-refractivity contribution >= 4 is 38.0 Å². The van der Waals surface area contributed by atoms with Gasteiger partial charge in [-0.2, -0.15) is 0 Å². The highest BCUT2D eigenvalue weighted by Gasteiger charge is 2.21. The van der Waals surface area contributed by atoms with Crippen LogP contribution in [-0.4, -0.2) is 4.98 Å². The van der Waals surface area contributed by atoms with Crippen LogP contribution in [0.1, 0.15) is 29.3 Å². The largest absolute Gasteiger partial charge is 0.355 e. The van der Waals surface area contributed by atoms with Gasteiger partial charge in [-0.25, -0.2) is 9.37 Å². The van der Waals surface area contributed by atoms with Crippen LogP contribution in [-0.2, 0) is 6.42 Å². The molecule has 102 valence electrons. The van der Waals surface area contributed by atoms with Crippen molar-refractivity contribution in [2.75, 3.05) is 5.32 Å². The molecule has 0 saturated carbocycles. The summed E-state index contributed by atoms with van der Waals surface area (Å²) in [5, 5.41) is 6.57. The number of nitrogens with zero attached hydrogens (tertiary/aromatic N) is 1. The number of thiazole rings is 1. The van der Waals surface area contributed by atoms with Crippen molar-refractivity contribution in [2.24, 2.45) is 0 Å². The molecule has 5 heteroatoms. The van der Waals surface area contributed by atoms with E-state index in [0.29, 0.717) is 6.04 Å². The van der Waals surface area contributed by atoms with Gasteiger partial charge in [0, 0.05) is 10.9 Å². The predicted molar refractivity (Wildman–Crippen MR) is 83.2 cm³/mol. The molecule has 1 aliphatic carbocycles. The lowest BCUT2D eigenvalue weighted by Crippen LogP contribution is -2.15. The summed E-state index contributed by atoms with van der Waals surface area (Å²) in [6.07, 6.45) is 3.54. The highest BCUT2D eigenvalue weighted by Crippen LogP contribution is 2.37. The first-order valence-electron chi connectivity index (χ1n) is 6.68. The van der Waals surface area contributed by atoms with Gasteiger partial charge in [0.15, 0.2) is 5.13 Å². The summed E-state index contributed by atoms with van der Waals surface area (Å²) in [6, 6.07) is 7.33. The summed E-state index contributed by atoms with van der Waals surface area (Å²) in [5.74, 6) is -0.230. The van der Waals surface area contributed by atoms with Crippen molar-refractivity contribution in [1.82, 2.24) is 4.98 Å². The molecular formula is C15H13FN2S2. The van der Waals surface area contributed by atoms with E-state index in [-0.39, 0.29) is 5.82 Å². The number of aryl methyl sites for hydroxylation is 1. The molecule has 2 aromatic heterocycles. The number of aromatic nitrogens is 1. The van der Waals surface area contributed by atoms with Gasteiger partial charge in [0.05, 0.1) is 16.3 Å². The van der Waals surface area contributed by atoms with Gasteiger partial charge in [0.25, 0.3) is 0 Å². The Bertz CT molecular complexity index is 762. The third kappa shape index (κ3) is 2.11. The summed E-state index contributed by atoms with van der Waals surface area (Å²) < 4.78 is 14.2. The molecule has 0 saturated heterocycles. The van der Waals surface area contributed by atoms with E-state index < -0.39 is 0 Å². The molecule has 0 amide bonds. The Hall–Kier alpha value is -1.46. The maximum atomic E-state index is 13.2. The molecule has 0 radical (unpaired) electrons. The zero-order valence-electron chi connectivity index (χ0n) is 10.7. The lowest BCUT2D eigenvalue weighted by Gasteiger charge is -2.23. The molecule has 0 fully saturated rings. The average Bonchev–Trinajstić information content (AvgIpc) is 3.04. The second-order valence-electron chi connectivity index (χ2n) is 5.02. The lowest BCUT2D eigenvalue weighted by molar-refractivity contribution is 0.608. The van der Waals surface area contributed by atoms with E-state index in [4.69, 9.17) is 0 Å². The van der Waals surface area contributed by atoms with Crippen LogP contribution >= 0.6 is 22.7 Å². The predicted octanol–water partition coefficient (Wildman–Crippen LogP) is 4.99. The van der Waals surface area contributed by atoms with Crippen LogP contribution in [0.2, 0.25) is 0 Å². The molecule has 1 aliphatic rings. The Labute approximate surface area is 124 Å². The number of anilines is 1. The van der Waals surface area contributed by atoms with E-state index in [1.54, 1.807) is 17.4 Å². The molecule has 1 N–H and O–H groups in total. The van der Waals surface area contributed by atoms with Crippen LogP contribution in [0.4, 0.5) is 9.52 Å². The van der Waals surface area contributed by atoms with Crippen molar-refractivity contribution in [1.29, 1.82) is 0 Å². The fraction of sp³-hybridized carbons (Fsp3) is 0.267. The molecule has 2 heterocycles. The first kappa shape index (κ1) is 12.3. The van der Waals surface area contributed by atoms with E-state index in [1.807, 2.05) is 11.3 Å². The molecular weight excluding hydrogens is 291 g/mol. The molecule has 2 nitrogen and oxygen atoms in total. The SMILES string of the molecule is Fc1ccc2sc(NC3CCCc4sccc43)nc2c1. The second-order valence-corrected chi connectivity index (χ2v) is 7.05. The van der Waals surface area contributed by atoms with Crippen molar-refractivity contribution in [3.63, 3.8) is 0 Å². The Balaban J connectivity index is 1.65. The first-order chi connectivity index (χ1) is 9.79. The highest BCUT2D eigenvalue weighted by molar-refractivity contribution is 7.22. The maximum absolute atomic E-state index is 13.2.